The average molecular weight is 488 g/mol. The zero-order valence-electron chi connectivity index (χ0n) is 18.7. The number of hydrogen-bond acceptors (Lipinski definition) is 6. The lowest BCUT2D eigenvalue weighted by Gasteiger charge is -2.34. The van der Waals surface area contributed by atoms with E-state index in [0.29, 0.717) is 25.2 Å². The summed E-state index contributed by atoms with van der Waals surface area (Å²) in [4.78, 5) is 29.9. The minimum absolute atomic E-state index is 0.0445. The zero-order valence-corrected chi connectivity index (χ0v) is 20.3. The number of thioether (sulfide) groups is 1. The van der Waals surface area contributed by atoms with Crippen molar-refractivity contribution in [3.63, 3.8) is 0 Å². The molecular weight excluding hydrogens is 458 g/mol. The van der Waals surface area contributed by atoms with Crippen LogP contribution >= 0.6 is 11.8 Å². The Bertz CT molecular complexity index is 1110. The quantitative estimate of drug-likeness (QED) is 0.646. The normalized spacial score (nSPS) is 19.1. The number of rotatable bonds is 7. The van der Waals surface area contributed by atoms with E-state index in [9.17, 15) is 18.0 Å². The molecule has 0 aromatic heterocycles. The first kappa shape index (κ1) is 23.8. The Labute approximate surface area is 199 Å². The van der Waals surface area contributed by atoms with Crippen LogP contribution in [-0.4, -0.2) is 67.2 Å². The second-order valence-corrected chi connectivity index (χ2v) is 11.7. The van der Waals surface area contributed by atoms with Gasteiger partial charge >= 0.3 is 0 Å². The lowest BCUT2D eigenvalue weighted by Crippen LogP contribution is -2.48. The van der Waals surface area contributed by atoms with Crippen molar-refractivity contribution in [1.29, 1.82) is 0 Å². The Balaban J connectivity index is 1.30. The summed E-state index contributed by atoms with van der Waals surface area (Å²) in [6.07, 6.45) is 0.662. The Morgan fingerprint density at radius 3 is 2.52 bits per heavy atom. The number of anilines is 1. The monoisotopic (exact) mass is 487 g/mol. The van der Waals surface area contributed by atoms with Gasteiger partial charge in [-0.25, -0.2) is 8.42 Å². The van der Waals surface area contributed by atoms with E-state index >= 15 is 0 Å². The third kappa shape index (κ3) is 5.77. The zero-order chi connectivity index (χ0) is 23.4. The first-order valence-corrected chi connectivity index (χ1v) is 13.8. The van der Waals surface area contributed by atoms with Gasteiger partial charge in [0.1, 0.15) is 0 Å². The van der Waals surface area contributed by atoms with E-state index < -0.39 is 9.84 Å². The van der Waals surface area contributed by atoms with Gasteiger partial charge in [0.15, 0.2) is 9.84 Å². The van der Waals surface area contributed by atoms with E-state index in [1.165, 1.54) is 23.4 Å². The largest absolute Gasteiger partial charge is 0.340 e. The number of sulfone groups is 1. The molecule has 2 aromatic carbocycles. The van der Waals surface area contributed by atoms with Crippen molar-refractivity contribution in [3.8, 4) is 0 Å². The van der Waals surface area contributed by atoms with Crippen molar-refractivity contribution in [2.24, 2.45) is 0 Å². The summed E-state index contributed by atoms with van der Waals surface area (Å²) < 4.78 is 25.7. The Morgan fingerprint density at radius 2 is 1.82 bits per heavy atom. The van der Waals surface area contributed by atoms with Crippen LogP contribution in [0, 0.1) is 0 Å². The molecule has 0 radical (unpaired) electrons. The van der Waals surface area contributed by atoms with E-state index in [0.717, 1.165) is 24.5 Å². The highest BCUT2D eigenvalue weighted by Crippen LogP contribution is 2.38. The number of benzene rings is 2. The first-order valence-electron chi connectivity index (χ1n) is 11.2. The SMILES string of the molecule is CC[C@H]1Sc2ccc(S(=O)(=O)CCC(=O)N3CCN(Cc4ccccc4)CC3)cc2NC1=O. The third-order valence-corrected chi connectivity index (χ3v) is 9.21. The van der Waals surface area contributed by atoms with Gasteiger partial charge in [-0.15, -0.1) is 11.8 Å². The molecule has 9 heteroatoms. The maximum absolute atomic E-state index is 12.9. The van der Waals surface area contributed by atoms with Crippen LogP contribution in [0.25, 0.3) is 0 Å². The molecule has 2 amide bonds. The molecule has 2 aromatic rings. The van der Waals surface area contributed by atoms with Gasteiger partial charge in [-0.3, -0.25) is 14.5 Å². The molecule has 1 fully saturated rings. The van der Waals surface area contributed by atoms with Crippen LogP contribution in [-0.2, 0) is 26.0 Å². The lowest BCUT2D eigenvalue weighted by molar-refractivity contribution is -0.132. The second-order valence-electron chi connectivity index (χ2n) is 8.37. The van der Waals surface area contributed by atoms with Crippen molar-refractivity contribution in [3.05, 3.63) is 54.1 Å². The fraction of sp³-hybridized carbons (Fsp3) is 0.417. The fourth-order valence-electron chi connectivity index (χ4n) is 4.09. The third-order valence-electron chi connectivity index (χ3n) is 6.06. The van der Waals surface area contributed by atoms with Gasteiger partial charge < -0.3 is 10.2 Å². The Kier molecular flexibility index (Phi) is 7.41. The van der Waals surface area contributed by atoms with Crippen molar-refractivity contribution in [2.75, 3.05) is 37.2 Å². The number of carbonyl (C=O) groups is 2. The average Bonchev–Trinajstić information content (AvgIpc) is 2.83. The van der Waals surface area contributed by atoms with Gasteiger partial charge in [0.05, 0.1) is 21.6 Å². The van der Waals surface area contributed by atoms with Gasteiger partial charge in [-0.2, -0.15) is 0 Å². The molecule has 176 valence electrons. The summed E-state index contributed by atoms with van der Waals surface area (Å²) in [6, 6.07) is 15.0. The Hall–Kier alpha value is -2.36. The number of nitrogens with one attached hydrogen (secondary N) is 1. The predicted molar refractivity (Wildman–Crippen MR) is 130 cm³/mol. The number of piperazine rings is 1. The van der Waals surface area contributed by atoms with Crippen molar-refractivity contribution < 1.29 is 18.0 Å². The van der Waals surface area contributed by atoms with E-state index in [1.54, 1.807) is 17.0 Å². The summed E-state index contributed by atoms with van der Waals surface area (Å²) in [5, 5.41) is 2.65. The standard InChI is InChI=1S/C24H29N3O4S2/c1-2-21-24(29)25-20-16-19(8-9-22(20)32-21)33(30,31)15-10-23(28)27-13-11-26(12-14-27)17-18-6-4-3-5-7-18/h3-9,16,21H,2,10-15,17H2,1H3,(H,25,29)/t21-/m1/s1. The molecule has 4 rings (SSSR count). The van der Waals surface area contributed by atoms with Crippen LogP contribution in [0.4, 0.5) is 5.69 Å². The topological polar surface area (TPSA) is 86.8 Å². The minimum atomic E-state index is -3.63. The van der Waals surface area contributed by atoms with Crippen LogP contribution in [0.1, 0.15) is 25.3 Å². The van der Waals surface area contributed by atoms with Crippen LogP contribution < -0.4 is 5.32 Å². The molecule has 1 atom stereocenters. The molecule has 0 saturated carbocycles. The summed E-state index contributed by atoms with van der Waals surface area (Å²) in [6.45, 7) is 5.55. The molecule has 7 nitrogen and oxygen atoms in total. The number of hydrogen-bond donors (Lipinski definition) is 1. The lowest BCUT2D eigenvalue weighted by atomic mass is 10.2. The molecule has 2 aliphatic rings. The molecular formula is C24H29N3O4S2. The van der Waals surface area contributed by atoms with Crippen LogP contribution in [0.5, 0.6) is 0 Å². The van der Waals surface area contributed by atoms with Crippen molar-refractivity contribution in [1.82, 2.24) is 9.80 Å². The molecule has 2 heterocycles. The van der Waals surface area contributed by atoms with E-state index in [4.69, 9.17) is 0 Å². The molecule has 0 bridgehead atoms. The summed E-state index contributed by atoms with van der Waals surface area (Å²) in [5.74, 6) is -0.482. The van der Waals surface area contributed by atoms with Gasteiger partial charge in [0, 0.05) is 44.0 Å². The maximum Gasteiger partial charge on any atom is 0.237 e. The second kappa shape index (κ2) is 10.3. The number of nitrogens with zero attached hydrogens (tertiary/aromatic N) is 2. The highest BCUT2D eigenvalue weighted by atomic mass is 32.2. The smallest absolute Gasteiger partial charge is 0.237 e. The van der Waals surface area contributed by atoms with Crippen LogP contribution in [0.2, 0.25) is 0 Å². The maximum atomic E-state index is 12.9. The fourth-order valence-corrected chi connectivity index (χ4v) is 6.36. The number of carbonyl (C=O) groups excluding carboxylic acids is 2. The van der Waals surface area contributed by atoms with Gasteiger partial charge in [0.25, 0.3) is 0 Å². The van der Waals surface area contributed by atoms with E-state index in [-0.39, 0.29) is 34.1 Å². The molecule has 33 heavy (non-hydrogen) atoms. The minimum Gasteiger partial charge on any atom is -0.340 e. The predicted octanol–water partition coefficient (Wildman–Crippen LogP) is 3.02. The van der Waals surface area contributed by atoms with Gasteiger partial charge in [0.2, 0.25) is 11.8 Å². The molecule has 0 unspecified atom stereocenters. The van der Waals surface area contributed by atoms with Crippen molar-refractivity contribution in [2.45, 2.75) is 41.4 Å². The molecule has 1 N–H and O–H groups in total. The highest BCUT2D eigenvalue weighted by molar-refractivity contribution is 8.01. The molecule has 0 spiro atoms. The van der Waals surface area contributed by atoms with E-state index in [1.807, 2.05) is 25.1 Å². The first-order chi connectivity index (χ1) is 15.9. The molecule has 2 aliphatic heterocycles. The molecule has 0 aliphatic carbocycles. The number of fused-ring (bicyclic) bond motifs is 1. The molecule has 1 saturated heterocycles. The summed E-state index contributed by atoms with van der Waals surface area (Å²) in [5.41, 5.74) is 1.77. The van der Waals surface area contributed by atoms with Gasteiger partial charge in [-0.05, 0) is 30.2 Å². The van der Waals surface area contributed by atoms with Crippen LogP contribution in [0.3, 0.4) is 0 Å². The Morgan fingerprint density at radius 1 is 1.09 bits per heavy atom. The van der Waals surface area contributed by atoms with Crippen molar-refractivity contribution >= 4 is 39.1 Å². The van der Waals surface area contributed by atoms with Crippen LogP contribution in [0.15, 0.2) is 58.3 Å². The summed E-state index contributed by atoms with van der Waals surface area (Å²) >= 11 is 1.45. The number of amides is 2. The van der Waals surface area contributed by atoms with Gasteiger partial charge in [-0.1, -0.05) is 37.3 Å². The highest BCUT2D eigenvalue weighted by Gasteiger charge is 2.28. The van der Waals surface area contributed by atoms with E-state index in [2.05, 4.69) is 22.3 Å². The summed E-state index contributed by atoms with van der Waals surface area (Å²) in [7, 11) is -3.63.